The van der Waals surface area contributed by atoms with Crippen LogP contribution in [0, 0.1) is 0 Å². The van der Waals surface area contributed by atoms with Crippen molar-refractivity contribution in [3.63, 3.8) is 0 Å². The molecule has 9 nitrogen and oxygen atoms in total. The molecule has 0 bridgehead atoms. The van der Waals surface area contributed by atoms with Crippen LogP contribution in [-0.4, -0.2) is 76.1 Å². The predicted octanol–water partition coefficient (Wildman–Crippen LogP) is 1.80. The number of likely N-dealkylation sites (tertiary alicyclic amines) is 2. The maximum Gasteiger partial charge on any atom is 0.254 e. The first kappa shape index (κ1) is 22.9. The van der Waals surface area contributed by atoms with Gasteiger partial charge in [-0.3, -0.25) is 14.4 Å². The second-order valence-corrected chi connectivity index (χ2v) is 9.06. The highest BCUT2D eigenvalue weighted by molar-refractivity contribution is 5.97. The van der Waals surface area contributed by atoms with E-state index in [1.807, 2.05) is 22.9 Å². The summed E-state index contributed by atoms with van der Waals surface area (Å²) >= 11 is 0. The Morgan fingerprint density at radius 2 is 1.83 bits per heavy atom. The van der Waals surface area contributed by atoms with Gasteiger partial charge in [0.05, 0.1) is 18.7 Å². The quantitative estimate of drug-likeness (QED) is 0.539. The maximum absolute atomic E-state index is 13.1. The summed E-state index contributed by atoms with van der Waals surface area (Å²) in [6.45, 7) is 2.34. The van der Waals surface area contributed by atoms with Crippen molar-refractivity contribution in [3.05, 3.63) is 65.9 Å². The molecule has 1 aromatic heterocycles. The van der Waals surface area contributed by atoms with Crippen LogP contribution in [-0.2, 0) is 4.79 Å². The number of hydrogen-bond donors (Lipinski definition) is 2. The summed E-state index contributed by atoms with van der Waals surface area (Å²) in [6, 6.07) is 13.7. The Morgan fingerprint density at radius 3 is 2.54 bits per heavy atom. The molecule has 5 rings (SSSR count). The van der Waals surface area contributed by atoms with Crippen molar-refractivity contribution in [3.8, 4) is 5.75 Å². The average molecular weight is 477 g/mol. The molecule has 2 aliphatic rings. The van der Waals surface area contributed by atoms with Crippen LogP contribution in [0.1, 0.15) is 39.6 Å². The number of aliphatic hydroxyl groups is 1. The molecule has 0 unspecified atom stereocenters. The number of amides is 3. The highest BCUT2D eigenvalue weighted by atomic mass is 16.5. The van der Waals surface area contributed by atoms with E-state index in [1.165, 1.54) is 0 Å². The minimum absolute atomic E-state index is 0.159. The van der Waals surface area contributed by atoms with Gasteiger partial charge in [-0.15, -0.1) is 0 Å². The lowest BCUT2D eigenvalue weighted by molar-refractivity contribution is -0.128. The highest BCUT2D eigenvalue weighted by Crippen LogP contribution is 2.29. The van der Waals surface area contributed by atoms with E-state index in [4.69, 9.17) is 10.5 Å². The standard InChI is InChI=1S/C26H28N4O5/c27-25(33)19-5-8-21-18(14-19)9-11-30(21)22-15-29(16-23(22)31)26(34)17-3-6-20(7-4-17)35-13-12-28-10-1-2-24(28)32/h3-9,11,14,22-23,31H,1-2,10,12-13,15-16H2,(H2,27,33)/t22-,23-/m1/s1. The number of nitrogens with two attached hydrogens (primary N) is 1. The molecule has 35 heavy (non-hydrogen) atoms. The van der Waals surface area contributed by atoms with E-state index in [1.54, 1.807) is 46.2 Å². The van der Waals surface area contributed by atoms with E-state index >= 15 is 0 Å². The lowest BCUT2D eigenvalue weighted by Crippen LogP contribution is -2.30. The number of nitrogens with zero attached hydrogens (tertiary/aromatic N) is 3. The van der Waals surface area contributed by atoms with Crippen LogP contribution in [0.4, 0.5) is 0 Å². The number of benzene rings is 2. The average Bonchev–Trinajstić information content (AvgIpc) is 3.57. The molecule has 0 radical (unpaired) electrons. The van der Waals surface area contributed by atoms with Gasteiger partial charge in [-0.05, 0) is 55.0 Å². The summed E-state index contributed by atoms with van der Waals surface area (Å²) in [7, 11) is 0. The fourth-order valence-corrected chi connectivity index (χ4v) is 4.91. The third-order valence-corrected chi connectivity index (χ3v) is 6.81. The van der Waals surface area contributed by atoms with E-state index in [9.17, 15) is 19.5 Å². The number of ether oxygens (including phenoxy) is 1. The lowest BCUT2D eigenvalue weighted by atomic mass is 10.1. The highest BCUT2D eigenvalue weighted by Gasteiger charge is 2.36. The van der Waals surface area contributed by atoms with Gasteiger partial charge < -0.3 is 29.9 Å². The van der Waals surface area contributed by atoms with Gasteiger partial charge in [0.15, 0.2) is 0 Å². The Balaban J connectivity index is 1.22. The van der Waals surface area contributed by atoms with Gasteiger partial charge in [0.1, 0.15) is 12.4 Å². The molecule has 2 saturated heterocycles. The maximum atomic E-state index is 13.1. The molecular formula is C26H28N4O5. The summed E-state index contributed by atoms with van der Waals surface area (Å²) in [5.74, 6) is 0.161. The molecule has 2 fully saturated rings. The Labute approximate surface area is 202 Å². The van der Waals surface area contributed by atoms with Crippen molar-refractivity contribution in [2.45, 2.75) is 25.0 Å². The molecule has 3 heterocycles. The van der Waals surface area contributed by atoms with E-state index in [-0.39, 0.29) is 24.4 Å². The number of fused-ring (bicyclic) bond motifs is 1. The van der Waals surface area contributed by atoms with Crippen molar-refractivity contribution >= 4 is 28.6 Å². The van der Waals surface area contributed by atoms with E-state index in [0.717, 1.165) is 23.9 Å². The molecule has 3 aromatic rings. The summed E-state index contributed by atoms with van der Waals surface area (Å²) in [5, 5.41) is 11.6. The molecule has 182 valence electrons. The molecule has 2 atom stereocenters. The zero-order chi connectivity index (χ0) is 24.5. The van der Waals surface area contributed by atoms with E-state index in [2.05, 4.69) is 0 Å². The van der Waals surface area contributed by atoms with Crippen LogP contribution >= 0.6 is 0 Å². The van der Waals surface area contributed by atoms with Gasteiger partial charge in [-0.25, -0.2) is 0 Å². The number of carbonyl (C=O) groups is 3. The van der Waals surface area contributed by atoms with Crippen LogP contribution in [0.3, 0.4) is 0 Å². The topological polar surface area (TPSA) is 118 Å². The number of rotatable bonds is 7. The molecule has 9 heteroatoms. The Bertz CT molecular complexity index is 1270. The van der Waals surface area contributed by atoms with E-state index in [0.29, 0.717) is 43.0 Å². The number of aliphatic hydroxyl groups excluding tert-OH is 1. The third kappa shape index (κ3) is 4.59. The van der Waals surface area contributed by atoms with E-state index < -0.39 is 12.0 Å². The van der Waals surface area contributed by atoms with Gasteiger partial charge in [-0.1, -0.05) is 0 Å². The Kier molecular flexibility index (Phi) is 6.17. The van der Waals surface area contributed by atoms with Crippen LogP contribution in [0.5, 0.6) is 5.75 Å². The van der Waals surface area contributed by atoms with Gasteiger partial charge in [0.25, 0.3) is 5.91 Å². The summed E-state index contributed by atoms with van der Waals surface area (Å²) in [5.41, 5.74) is 7.18. The van der Waals surface area contributed by atoms with Crippen molar-refractivity contribution in [2.75, 3.05) is 32.8 Å². The lowest BCUT2D eigenvalue weighted by Gasteiger charge is -2.18. The fraction of sp³-hybridized carbons (Fsp3) is 0.346. The minimum atomic E-state index is -0.721. The molecule has 0 spiro atoms. The zero-order valence-corrected chi connectivity index (χ0v) is 19.3. The second-order valence-electron chi connectivity index (χ2n) is 9.06. The van der Waals surface area contributed by atoms with Crippen molar-refractivity contribution in [1.29, 1.82) is 0 Å². The molecule has 0 saturated carbocycles. The predicted molar refractivity (Wildman–Crippen MR) is 129 cm³/mol. The number of carbonyl (C=O) groups excluding carboxylic acids is 3. The number of β-amino-alcohol motifs (C(OH)–C–C–N with tert-alkyl or cyclic N) is 1. The normalized spacial score (nSPS) is 20.1. The molecule has 0 aliphatic carbocycles. The van der Waals surface area contributed by atoms with Gasteiger partial charge in [0.2, 0.25) is 11.8 Å². The Hall–Kier alpha value is -3.85. The van der Waals surface area contributed by atoms with Crippen molar-refractivity contribution in [1.82, 2.24) is 14.4 Å². The van der Waals surface area contributed by atoms with Gasteiger partial charge >= 0.3 is 0 Å². The van der Waals surface area contributed by atoms with Crippen molar-refractivity contribution in [2.24, 2.45) is 5.73 Å². The SMILES string of the molecule is NC(=O)c1ccc2c(ccn2[C@@H]2CN(C(=O)c3ccc(OCCN4CCCC4=O)cc3)C[C@H]2O)c1. The van der Waals surface area contributed by atoms with Crippen LogP contribution in [0.2, 0.25) is 0 Å². The molecular weight excluding hydrogens is 448 g/mol. The van der Waals surface area contributed by atoms with Gasteiger partial charge in [0, 0.05) is 54.3 Å². The third-order valence-electron chi connectivity index (χ3n) is 6.81. The minimum Gasteiger partial charge on any atom is -0.492 e. The molecule has 3 amide bonds. The molecule has 2 aromatic carbocycles. The summed E-state index contributed by atoms with van der Waals surface area (Å²) < 4.78 is 7.68. The van der Waals surface area contributed by atoms with Crippen LogP contribution in [0.25, 0.3) is 10.9 Å². The first-order chi connectivity index (χ1) is 16.9. The monoisotopic (exact) mass is 476 g/mol. The Morgan fingerprint density at radius 1 is 1.06 bits per heavy atom. The largest absolute Gasteiger partial charge is 0.492 e. The van der Waals surface area contributed by atoms with Crippen LogP contribution < -0.4 is 10.5 Å². The smallest absolute Gasteiger partial charge is 0.254 e. The zero-order valence-electron chi connectivity index (χ0n) is 19.3. The van der Waals surface area contributed by atoms with Crippen LogP contribution in [0.15, 0.2) is 54.7 Å². The summed E-state index contributed by atoms with van der Waals surface area (Å²) in [6.07, 6.45) is 2.65. The number of primary amides is 1. The fourth-order valence-electron chi connectivity index (χ4n) is 4.91. The molecule has 2 aliphatic heterocycles. The number of hydrogen-bond acceptors (Lipinski definition) is 5. The van der Waals surface area contributed by atoms with Gasteiger partial charge in [-0.2, -0.15) is 0 Å². The number of aromatic nitrogens is 1. The second kappa shape index (κ2) is 9.42. The first-order valence-electron chi connectivity index (χ1n) is 11.8. The first-order valence-corrected chi connectivity index (χ1v) is 11.8. The molecule has 3 N–H and O–H groups in total. The van der Waals surface area contributed by atoms with Crippen molar-refractivity contribution < 1.29 is 24.2 Å². The summed E-state index contributed by atoms with van der Waals surface area (Å²) in [4.78, 5) is 39.7.